The third kappa shape index (κ3) is 3.89. The van der Waals surface area contributed by atoms with Crippen LogP contribution in [0.4, 0.5) is 0 Å². The normalized spacial score (nSPS) is 33.5. The predicted molar refractivity (Wildman–Crippen MR) is 133 cm³/mol. The van der Waals surface area contributed by atoms with Gasteiger partial charge in [0, 0.05) is 18.8 Å². The number of ether oxygens (including phenoxy) is 2. The molecule has 0 aromatic heterocycles. The van der Waals surface area contributed by atoms with Crippen molar-refractivity contribution in [1.29, 1.82) is 0 Å². The SMILES string of the molecule is C#CCC.CC12CC(c3ccc4c(c3)OCCO4)C3=C4CCC(=O)C=C4CCC3C1CCC2O. The summed E-state index contributed by atoms with van der Waals surface area (Å²) >= 11 is 0. The lowest BCUT2D eigenvalue weighted by molar-refractivity contribution is -0.114. The van der Waals surface area contributed by atoms with Crippen LogP contribution in [0.5, 0.6) is 11.5 Å². The van der Waals surface area contributed by atoms with Gasteiger partial charge >= 0.3 is 0 Å². The van der Waals surface area contributed by atoms with Gasteiger partial charge in [0.25, 0.3) is 0 Å². The number of allylic oxidation sites excluding steroid dienone is 4. The number of hydrogen-bond donors (Lipinski definition) is 1. The minimum Gasteiger partial charge on any atom is -0.486 e. The predicted octanol–water partition coefficient (Wildman–Crippen LogP) is 5.75. The van der Waals surface area contributed by atoms with Gasteiger partial charge in [-0.1, -0.05) is 25.5 Å². The van der Waals surface area contributed by atoms with Gasteiger partial charge in [0.2, 0.25) is 0 Å². The molecule has 1 aromatic rings. The van der Waals surface area contributed by atoms with Crippen LogP contribution in [0.25, 0.3) is 0 Å². The van der Waals surface area contributed by atoms with E-state index in [4.69, 9.17) is 15.9 Å². The van der Waals surface area contributed by atoms with E-state index in [0.29, 0.717) is 31.5 Å². The van der Waals surface area contributed by atoms with Crippen molar-refractivity contribution in [3.05, 3.63) is 46.6 Å². The Bertz CT molecular complexity index is 1070. The quantitative estimate of drug-likeness (QED) is 0.543. The molecule has 4 aliphatic carbocycles. The second-order valence-corrected chi connectivity index (χ2v) is 10.6. The van der Waals surface area contributed by atoms with E-state index >= 15 is 0 Å². The minimum atomic E-state index is -0.223. The Kier molecular flexibility index (Phi) is 6.34. The van der Waals surface area contributed by atoms with Crippen LogP contribution in [0.2, 0.25) is 0 Å². The molecule has 0 amide bonds. The summed E-state index contributed by atoms with van der Waals surface area (Å²) in [6.45, 7) is 5.45. The summed E-state index contributed by atoms with van der Waals surface area (Å²) in [5.74, 6) is 5.70. The highest BCUT2D eigenvalue weighted by atomic mass is 16.6. The van der Waals surface area contributed by atoms with E-state index in [1.54, 1.807) is 5.57 Å². The van der Waals surface area contributed by atoms with Crippen molar-refractivity contribution >= 4 is 5.78 Å². The first kappa shape index (κ1) is 23.2. The van der Waals surface area contributed by atoms with Gasteiger partial charge in [0.15, 0.2) is 17.3 Å². The van der Waals surface area contributed by atoms with Gasteiger partial charge in [0.1, 0.15) is 13.2 Å². The monoisotopic (exact) mass is 460 g/mol. The maximum absolute atomic E-state index is 12.1. The highest BCUT2D eigenvalue weighted by molar-refractivity contribution is 5.93. The van der Waals surface area contributed by atoms with E-state index in [1.807, 2.05) is 19.1 Å². The van der Waals surface area contributed by atoms with Gasteiger partial charge in [-0.3, -0.25) is 4.79 Å². The molecule has 1 aliphatic heterocycles. The summed E-state index contributed by atoms with van der Waals surface area (Å²) in [5.41, 5.74) is 5.52. The molecule has 2 saturated carbocycles. The van der Waals surface area contributed by atoms with E-state index in [1.165, 1.54) is 16.7 Å². The molecule has 5 aliphatic rings. The maximum atomic E-state index is 12.1. The van der Waals surface area contributed by atoms with Gasteiger partial charge < -0.3 is 14.6 Å². The first-order chi connectivity index (χ1) is 16.5. The molecule has 0 radical (unpaired) electrons. The molecule has 4 nitrogen and oxygen atoms in total. The number of rotatable bonds is 1. The van der Waals surface area contributed by atoms with Gasteiger partial charge in [-0.05, 0) is 90.7 Å². The molecule has 1 aromatic carbocycles. The number of carbonyl (C=O) groups excluding carboxylic acids is 1. The molecular weight excluding hydrogens is 424 g/mol. The lowest BCUT2D eigenvalue weighted by atomic mass is 9.53. The van der Waals surface area contributed by atoms with E-state index in [9.17, 15) is 9.90 Å². The Balaban J connectivity index is 0.000000560. The molecule has 5 atom stereocenters. The van der Waals surface area contributed by atoms with Gasteiger partial charge in [0.05, 0.1) is 6.10 Å². The Labute approximate surface area is 203 Å². The molecule has 6 rings (SSSR count). The summed E-state index contributed by atoms with van der Waals surface area (Å²) in [6, 6.07) is 6.41. The van der Waals surface area contributed by atoms with Crippen LogP contribution < -0.4 is 9.47 Å². The Morgan fingerprint density at radius 1 is 1.12 bits per heavy atom. The average molecular weight is 461 g/mol. The molecule has 0 saturated heterocycles. The maximum Gasteiger partial charge on any atom is 0.161 e. The fourth-order valence-electron chi connectivity index (χ4n) is 7.21. The molecule has 4 heteroatoms. The number of fused-ring (bicyclic) bond motifs is 5. The van der Waals surface area contributed by atoms with Crippen molar-refractivity contribution in [3.63, 3.8) is 0 Å². The molecule has 1 heterocycles. The average Bonchev–Trinajstić information content (AvgIpc) is 3.17. The van der Waals surface area contributed by atoms with Crippen molar-refractivity contribution < 1.29 is 19.4 Å². The summed E-state index contributed by atoms with van der Waals surface area (Å²) in [7, 11) is 0. The fourth-order valence-corrected chi connectivity index (χ4v) is 7.21. The van der Waals surface area contributed by atoms with E-state index < -0.39 is 0 Å². The van der Waals surface area contributed by atoms with Crippen molar-refractivity contribution in [1.82, 2.24) is 0 Å². The Morgan fingerprint density at radius 2 is 1.88 bits per heavy atom. The number of benzene rings is 1. The largest absolute Gasteiger partial charge is 0.486 e. The summed E-state index contributed by atoms with van der Waals surface area (Å²) in [6.07, 6.45) is 13.9. The standard InChI is InChI=1S/C26H30O4.C4H6/c1-26-14-20(16-3-8-22-23(13-16)30-11-10-29-22)25-18-6-4-17(27)12-15(18)2-5-19(25)21(26)7-9-24(26)28;1-3-4-2/h3,8,12-13,19-21,24,28H,2,4-7,9-11,14H2,1H3;1H,4H2,2H3. The highest BCUT2D eigenvalue weighted by Crippen LogP contribution is 2.64. The van der Waals surface area contributed by atoms with E-state index in [0.717, 1.165) is 56.4 Å². The number of ketones is 1. The second kappa shape index (κ2) is 9.27. The molecular formula is C30H36O4. The zero-order valence-electron chi connectivity index (χ0n) is 20.4. The van der Waals surface area contributed by atoms with Gasteiger partial charge in [-0.2, -0.15) is 0 Å². The molecule has 34 heavy (non-hydrogen) atoms. The topological polar surface area (TPSA) is 55.8 Å². The van der Waals surface area contributed by atoms with Crippen molar-refractivity contribution in [2.24, 2.45) is 17.3 Å². The van der Waals surface area contributed by atoms with Gasteiger partial charge in [-0.15, -0.1) is 12.3 Å². The minimum absolute atomic E-state index is 0.0433. The van der Waals surface area contributed by atoms with Crippen LogP contribution in [-0.4, -0.2) is 30.2 Å². The molecule has 0 bridgehead atoms. The Morgan fingerprint density at radius 3 is 2.65 bits per heavy atom. The third-order valence-corrected chi connectivity index (χ3v) is 8.85. The summed E-state index contributed by atoms with van der Waals surface area (Å²) in [5, 5.41) is 11.0. The van der Waals surface area contributed by atoms with Gasteiger partial charge in [-0.25, -0.2) is 0 Å². The number of aliphatic hydroxyl groups is 1. The first-order valence-corrected chi connectivity index (χ1v) is 12.9. The third-order valence-electron chi connectivity index (χ3n) is 8.85. The van der Waals surface area contributed by atoms with Crippen LogP contribution in [0.15, 0.2) is 41.0 Å². The Hall–Kier alpha value is -2.51. The zero-order chi connectivity index (χ0) is 23.9. The van der Waals surface area contributed by atoms with Crippen LogP contribution in [0.3, 0.4) is 0 Å². The van der Waals surface area contributed by atoms with Crippen LogP contribution in [-0.2, 0) is 4.79 Å². The molecule has 1 N–H and O–H groups in total. The number of carbonyl (C=O) groups is 1. The van der Waals surface area contributed by atoms with E-state index in [2.05, 4.69) is 25.0 Å². The van der Waals surface area contributed by atoms with Crippen LogP contribution in [0.1, 0.15) is 76.7 Å². The lowest BCUT2D eigenvalue weighted by Gasteiger charge is -2.52. The molecule has 180 valence electrons. The first-order valence-electron chi connectivity index (χ1n) is 12.9. The lowest BCUT2D eigenvalue weighted by Crippen LogP contribution is -2.45. The summed E-state index contributed by atoms with van der Waals surface area (Å²) in [4.78, 5) is 12.1. The number of terminal acetylenes is 1. The van der Waals surface area contributed by atoms with Crippen LogP contribution in [0, 0.1) is 29.6 Å². The van der Waals surface area contributed by atoms with Crippen molar-refractivity contribution in [2.45, 2.75) is 77.2 Å². The molecule has 0 spiro atoms. The number of aliphatic hydroxyl groups excluding tert-OH is 1. The zero-order valence-corrected chi connectivity index (χ0v) is 20.4. The highest BCUT2D eigenvalue weighted by Gasteiger charge is 2.56. The molecule has 2 fully saturated rings. The number of hydrogen-bond acceptors (Lipinski definition) is 4. The second-order valence-electron chi connectivity index (χ2n) is 10.6. The van der Waals surface area contributed by atoms with Crippen molar-refractivity contribution in [2.75, 3.05) is 13.2 Å². The van der Waals surface area contributed by atoms with Crippen molar-refractivity contribution in [3.8, 4) is 23.8 Å². The summed E-state index contributed by atoms with van der Waals surface area (Å²) < 4.78 is 11.7. The smallest absolute Gasteiger partial charge is 0.161 e. The fraction of sp³-hybridized carbons (Fsp3) is 0.567. The van der Waals surface area contributed by atoms with E-state index in [-0.39, 0.29) is 23.2 Å². The molecule has 5 unspecified atom stereocenters. The van der Waals surface area contributed by atoms with Crippen LogP contribution >= 0.6 is 0 Å².